The maximum absolute atomic E-state index is 11.3. The molecular formula is C12H18N4O3. The standard InChI is InChI=1S/C12H18N4O3/c1-3-5-14-12(17)4-6-13-11-7-10(16(18)19)9(2)8-15-11/h7-8H,3-6H2,1-2H3,(H,13,15)(H,14,17). The number of rotatable bonds is 7. The number of aryl methyl sites for hydroxylation is 1. The highest BCUT2D eigenvalue weighted by molar-refractivity contribution is 5.76. The van der Waals surface area contributed by atoms with Gasteiger partial charge in [0.05, 0.1) is 11.0 Å². The summed E-state index contributed by atoms with van der Waals surface area (Å²) in [6.07, 6.45) is 2.64. The van der Waals surface area contributed by atoms with E-state index in [0.717, 1.165) is 6.42 Å². The summed E-state index contributed by atoms with van der Waals surface area (Å²) in [4.78, 5) is 25.7. The summed E-state index contributed by atoms with van der Waals surface area (Å²) >= 11 is 0. The number of nitrogens with zero attached hydrogens (tertiary/aromatic N) is 2. The number of pyridine rings is 1. The number of nitro groups is 1. The molecule has 104 valence electrons. The first-order chi connectivity index (χ1) is 9.04. The van der Waals surface area contributed by atoms with Crippen LogP contribution in [0.3, 0.4) is 0 Å². The van der Waals surface area contributed by atoms with Crippen LogP contribution in [-0.2, 0) is 4.79 Å². The summed E-state index contributed by atoms with van der Waals surface area (Å²) in [5.74, 6) is 0.358. The second-order valence-corrected chi connectivity index (χ2v) is 4.14. The van der Waals surface area contributed by atoms with Gasteiger partial charge in [-0.2, -0.15) is 0 Å². The largest absolute Gasteiger partial charge is 0.369 e. The van der Waals surface area contributed by atoms with E-state index in [-0.39, 0.29) is 11.6 Å². The third kappa shape index (κ3) is 4.90. The Kier molecular flexibility index (Phi) is 5.72. The van der Waals surface area contributed by atoms with Gasteiger partial charge in [0.1, 0.15) is 5.82 Å². The molecule has 2 N–H and O–H groups in total. The van der Waals surface area contributed by atoms with E-state index >= 15 is 0 Å². The van der Waals surface area contributed by atoms with Gasteiger partial charge in [-0.15, -0.1) is 0 Å². The maximum atomic E-state index is 11.3. The molecule has 19 heavy (non-hydrogen) atoms. The molecule has 0 spiro atoms. The third-order valence-electron chi connectivity index (χ3n) is 2.50. The van der Waals surface area contributed by atoms with Crippen LogP contribution in [-0.4, -0.2) is 28.9 Å². The van der Waals surface area contributed by atoms with Gasteiger partial charge in [-0.3, -0.25) is 14.9 Å². The second-order valence-electron chi connectivity index (χ2n) is 4.14. The van der Waals surface area contributed by atoms with Crippen molar-refractivity contribution in [3.05, 3.63) is 27.9 Å². The Morgan fingerprint density at radius 1 is 1.47 bits per heavy atom. The molecule has 1 aromatic rings. The van der Waals surface area contributed by atoms with Crippen molar-refractivity contribution >= 4 is 17.4 Å². The monoisotopic (exact) mass is 266 g/mol. The molecule has 0 fully saturated rings. The quantitative estimate of drug-likeness (QED) is 0.577. The average molecular weight is 266 g/mol. The van der Waals surface area contributed by atoms with E-state index in [1.165, 1.54) is 12.3 Å². The minimum atomic E-state index is -0.448. The molecular weight excluding hydrogens is 248 g/mol. The number of carbonyl (C=O) groups excluding carboxylic acids is 1. The molecule has 0 bridgehead atoms. The summed E-state index contributed by atoms with van der Waals surface area (Å²) in [5, 5.41) is 16.4. The van der Waals surface area contributed by atoms with Crippen molar-refractivity contribution in [2.75, 3.05) is 18.4 Å². The zero-order valence-electron chi connectivity index (χ0n) is 11.1. The fourth-order valence-corrected chi connectivity index (χ4v) is 1.46. The summed E-state index contributed by atoms with van der Waals surface area (Å²) in [5.41, 5.74) is 0.532. The lowest BCUT2D eigenvalue weighted by Gasteiger charge is -2.06. The molecule has 1 heterocycles. The van der Waals surface area contributed by atoms with Gasteiger partial charge >= 0.3 is 0 Å². The van der Waals surface area contributed by atoms with E-state index in [1.54, 1.807) is 6.92 Å². The molecule has 0 atom stereocenters. The summed E-state index contributed by atoms with van der Waals surface area (Å²) < 4.78 is 0. The predicted molar refractivity (Wildman–Crippen MR) is 72.0 cm³/mol. The Morgan fingerprint density at radius 2 is 2.21 bits per heavy atom. The van der Waals surface area contributed by atoms with Crippen molar-refractivity contribution in [2.24, 2.45) is 0 Å². The first-order valence-electron chi connectivity index (χ1n) is 6.16. The van der Waals surface area contributed by atoms with Crippen molar-refractivity contribution in [1.82, 2.24) is 10.3 Å². The predicted octanol–water partition coefficient (Wildman–Crippen LogP) is 1.63. The highest BCUT2D eigenvalue weighted by Crippen LogP contribution is 2.19. The second kappa shape index (κ2) is 7.30. The van der Waals surface area contributed by atoms with Crippen LogP contribution in [0.15, 0.2) is 12.3 Å². The highest BCUT2D eigenvalue weighted by Gasteiger charge is 2.11. The van der Waals surface area contributed by atoms with Crippen LogP contribution in [0.1, 0.15) is 25.3 Å². The topological polar surface area (TPSA) is 97.2 Å². The van der Waals surface area contributed by atoms with Gasteiger partial charge in [0, 0.05) is 31.3 Å². The Bertz CT molecular complexity index is 462. The third-order valence-corrected chi connectivity index (χ3v) is 2.50. The number of anilines is 1. The van der Waals surface area contributed by atoms with Gasteiger partial charge in [0.2, 0.25) is 5.91 Å². The van der Waals surface area contributed by atoms with Crippen LogP contribution in [0.4, 0.5) is 11.5 Å². The molecule has 1 aromatic heterocycles. The maximum Gasteiger partial charge on any atom is 0.277 e. The van der Waals surface area contributed by atoms with E-state index in [1.807, 2.05) is 6.92 Å². The molecule has 0 saturated carbocycles. The number of nitrogens with one attached hydrogen (secondary N) is 2. The molecule has 7 heteroatoms. The smallest absolute Gasteiger partial charge is 0.277 e. The Labute approximate surface area is 111 Å². The van der Waals surface area contributed by atoms with Crippen LogP contribution in [0.25, 0.3) is 0 Å². The van der Waals surface area contributed by atoms with E-state index in [4.69, 9.17) is 0 Å². The molecule has 1 rings (SSSR count). The molecule has 1 amide bonds. The van der Waals surface area contributed by atoms with Gasteiger partial charge in [0.15, 0.2) is 0 Å². The molecule has 7 nitrogen and oxygen atoms in total. The first kappa shape index (κ1) is 14.9. The van der Waals surface area contributed by atoms with Crippen molar-refractivity contribution in [2.45, 2.75) is 26.7 Å². The lowest BCUT2D eigenvalue weighted by molar-refractivity contribution is -0.385. The Hall–Kier alpha value is -2.18. The summed E-state index contributed by atoms with van der Waals surface area (Å²) in [6, 6.07) is 1.37. The zero-order valence-corrected chi connectivity index (χ0v) is 11.1. The van der Waals surface area contributed by atoms with E-state index in [0.29, 0.717) is 30.9 Å². The van der Waals surface area contributed by atoms with Crippen molar-refractivity contribution < 1.29 is 9.72 Å². The molecule has 0 radical (unpaired) electrons. The average Bonchev–Trinajstić information content (AvgIpc) is 2.38. The molecule has 0 saturated heterocycles. The van der Waals surface area contributed by atoms with Gasteiger partial charge < -0.3 is 10.6 Å². The molecule has 0 unspecified atom stereocenters. The minimum absolute atomic E-state index is 0.0212. The Balaban J connectivity index is 2.48. The van der Waals surface area contributed by atoms with Gasteiger partial charge in [-0.25, -0.2) is 4.98 Å². The molecule has 0 aliphatic rings. The van der Waals surface area contributed by atoms with Crippen molar-refractivity contribution in [1.29, 1.82) is 0 Å². The van der Waals surface area contributed by atoms with Crippen molar-refractivity contribution in [3.8, 4) is 0 Å². The lowest BCUT2D eigenvalue weighted by atomic mass is 10.2. The Morgan fingerprint density at radius 3 is 2.84 bits per heavy atom. The van der Waals surface area contributed by atoms with Crippen LogP contribution < -0.4 is 10.6 Å². The highest BCUT2D eigenvalue weighted by atomic mass is 16.6. The van der Waals surface area contributed by atoms with Gasteiger partial charge in [-0.05, 0) is 13.3 Å². The van der Waals surface area contributed by atoms with Gasteiger partial charge in [-0.1, -0.05) is 6.92 Å². The number of carbonyl (C=O) groups is 1. The number of hydrogen-bond acceptors (Lipinski definition) is 5. The summed E-state index contributed by atoms with van der Waals surface area (Å²) in [6.45, 7) is 4.66. The van der Waals surface area contributed by atoms with E-state index in [9.17, 15) is 14.9 Å². The summed E-state index contributed by atoms with van der Waals surface area (Å²) in [7, 11) is 0. The molecule has 0 aliphatic heterocycles. The van der Waals surface area contributed by atoms with Gasteiger partial charge in [0.25, 0.3) is 5.69 Å². The first-order valence-corrected chi connectivity index (χ1v) is 6.16. The SMILES string of the molecule is CCCNC(=O)CCNc1cc([N+](=O)[O-])c(C)cn1. The minimum Gasteiger partial charge on any atom is -0.369 e. The van der Waals surface area contributed by atoms with E-state index < -0.39 is 4.92 Å². The lowest BCUT2D eigenvalue weighted by Crippen LogP contribution is -2.25. The van der Waals surface area contributed by atoms with Crippen LogP contribution in [0.2, 0.25) is 0 Å². The number of hydrogen-bond donors (Lipinski definition) is 2. The van der Waals surface area contributed by atoms with Crippen LogP contribution >= 0.6 is 0 Å². The fourth-order valence-electron chi connectivity index (χ4n) is 1.46. The zero-order chi connectivity index (χ0) is 14.3. The number of amides is 1. The van der Waals surface area contributed by atoms with E-state index in [2.05, 4.69) is 15.6 Å². The normalized spacial score (nSPS) is 10.0. The number of aromatic nitrogens is 1. The molecule has 0 aromatic carbocycles. The fraction of sp³-hybridized carbons (Fsp3) is 0.500. The van der Waals surface area contributed by atoms with Crippen LogP contribution in [0, 0.1) is 17.0 Å². The van der Waals surface area contributed by atoms with Crippen LogP contribution in [0.5, 0.6) is 0 Å². The van der Waals surface area contributed by atoms with Crippen molar-refractivity contribution in [3.63, 3.8) is 0 Å². The molecule has 0 aliphatic carbocycles.